The topological polar surface area (TPSA) is 65.0 Å². The van der Waals surface area contributed by atoms with Crippen LogP contribution in [-0.4, -0.2) is 32.4 Å². The smallest absolute Gasteiger partial charge is 0.303 e. The molecule has 0 aromatic heterocycles. The minimum Gasteiger partial charge on any atom is -0.493 e. The van der Waals surface area contributed by atoms with E-state index >= 15 is 0 Å². The van der Waals surface area contributed by atoms with Gasteiger partial charge in [-0.3, -0.25) is 4.79 Å². The van der Waals surface area contributed by atoms with E-state index < -0.39 is 5.97 Å². The lowest BCUT2D eigenvalue weighted by molar-refractivity contribution is -0.137. The number of rotatable bonds is 8. The van der Waals surface area contributed by atoms with E-state index in [4.69, 9.17) is 14.2 Å². The third-order valence-corrected chi connectivity index (χ3v) is 3.93. The molecular formula is C16H22O5. The maximum absolute atomic E-state index is 11.2. The molecule has 0 amide bonds. The molecule has 0 saturated heterocycles. The lowest BCUT2D eigenvalue weighted by Crippen LogP contribution is -2.13. The summed E-state index contributed by atoms with van der Waals surface area (Å²) in [6.45, 7) is 0.429. The molecule has 1 atom stereocenters. The molecule has 1 aromatic carbocycles. The maximum Gasteiger partial charge on any atom is 0.303 e. The Morgan fingerprint density at radius 1 is 1.29 bits per heavy atom. The number of carboxylic acids is 1. The second-order valence-electron chi connectivity index (χ2n) is 5.35. The van der Waals surface area contributed by atoms with Crippen molar-refractivity contribution in [2.45, 2.75) is 31.8 Å². The van der Waals surface area contributed by atoms with Gasteiger partial charge in [0.25, 0.3) is 0 Å². The van der Waals surface area contributed by atoms with Crippen LogP contribution in [0.3, 0.4) is 0 Å². The normalized spacial score (nSPS) is 15.6. The van der Waals surface area contributed by atoms with Crippen molar-refractivity contribution < 1.29 is 24.1 Å². The summed E-state index contributed by atoms with van der Waals surface area (Å²) < 4.78 is 16.1. The fourth-order valence-corrected chi connectivity index (χ4v) is 2.87. The zero-order valence-electron chi connectivity index (χ0n) is 12.7. The molecule has 0 heterocycles. The highest BCUT2D eigenvalue weighted by atomic mass is 16.5. The van der Waals surface area contributed by atoms with Crippen molar-refractivity contribution in [3.05, 3.63) is 23.3 Å². The third-order valence-electron chi connectivity index (χ3n) is 3.93. The second kappa shape index (κ2) is 6.80. The van der Waals surface area contributed by atoms with E-state index in [1.807, 2.05) is 12.1 Å². The Bertz CT molecular complexity index is 508. The van der Waals surface area contributed by atoms with Gasteiger partial charge in [0.2, 0.25) is 0 Å². The van der Waals surface area contributed by atoms with E-state index in [0.717, 1.165) is 24.0 Å². The molecular weight excluding hydrogens is 272 g/mol. The zero-order valence-corrected chi connectivity index (χ0v) is 12.7. The average molecular weight is 294 g/mol. The first-order valence-electron chi connectivity index (χ1n) is 7.06. The van der Waals surface area contributed by atoms with Crippen molar-refractivity contribution in [1.82, 2.24) is 0 Å². The van der Waals surface area contributed by atoms with Gasteiger partial charge < -0.3 is 19.3 Å². The van der Waals surface area contributed by atoms with Crippen LogP contribution in [0.4, 0.5) is 0 Å². The van der Waals surface area contributed by atoms with E-state index in [2.05, 4.69) is 0 Å². The van der Waals surface area contributed by atoms with Crippen molar-refractivity contribution in [3.8, 4) is 11.5 Å². The van der Waals surface area contributed by atoms with Crippen LogP contribution in [-0.2, 0) is 16.1 Å². The predicted octanol–water partition coefficient (Wildman–Crippen LogP) is 2.82. The molecule has 5 heteroatoms. The molecule has 0 aliphatic heterocycles. The summed E-state index contributed by atoms with van der Waals surface area (Å²) in [5, 5.41) is 9.23. The van der Waals surface area contributed by atoms with Crippen LogP contribution >= 0.6 is 0 Å². The number of carbonyl (C=O) groups is 1. The van der Waals surface area contributed by atoms with Crippen molar-refractivity contribution >= 4 is 5.97 Å². The fraction of sp³-hybridized carbons (Fsp3) is 0.562. The fourth-order valence-electron chi connectivity index (χ4n) is 2.87. The Kier molecular flexibility index (Phi) is 5.07. The number of hydrogen-bond donors (Lipinski definition) is 1. The lowest BCUT2D eigenvalue weighted by Gasteiger charge is -2.23. The minimum atomic E-state index is -0.792. The maximum atomic E-state index is 11.2. The first kappa shape index (κ1) is 15.6. The Morgan fingerprint density at radius 3 is 2.48 bits per heavy atom. The molecule has 2 rings (SSSR count). The van der Waals surface area contributed by atoms with E-state index in [1.165, 1.54) is 0 Å². The van der Waals surface area contributed by atoms with Crippen molar-refractivity contribution in [3.63, 3.8) is 0 Å². The molecule has 0 bridgehead atoms. The van der Waals surface area contributed by atoms with Crippen molar-refractivity contribution in [2.24, 2.45) is 5.92 Å². The van der Waals surface area contributed by atoms with Gasteiger partial charge >= 0.3 is 5.97 Å². The van der Waals surface area contributed by atoms with Gasteiger partial charge in [-0.25, -0.2) is 0 Å². The van der Waals surface area contributed by atoms with Gasteiger partial charge in [-0.05, 0) is 30.4 Å². The molecule has 1 fully saturated rings. The summed E-state index contributed by atoms with van der Waals surface area (Å²) in [6.07, 6.45) is 2.22. The molecule has 1 aliphatic rings. The molecule has 1 aromatic rings. The largest absolute Gasteiger partial charge is 0.493 e. The first-order valence-corrected chi connectivity index (χ1v) is 7.06. The van der Waals surface area contributed by atoms with Gasteiger partial charge in [0.15, 0.2) is 11.5 Å². The van der Waals surface area contributed by atoms with E-state index in [9.17, 15) is 9.90 Å². The van der Waals surface area contributed by atoms with E-state index in [-0.39, 0.29) is 12.3 Å². The number of hydrogen-bond acceptors (Lipinski definition) is 4. The number of methoxy groups -OCH3 is 3. The second-order valence-corrected chi connectivity index (χ2v) is 5.35. The molecule has 1 saturated carbocycles. The quantitative estimate of drug-likeness (QED) is 0.798. The molecule has 0 spiro atoms. The SMILES string of the molecule is COCc1ccc(OC)c(OC)c1C(CC(=O)O)C1CC1. The summed E-state index contributed by atoms with van der Waals surface area (Å²) >= 11 is 0. The van der Waals surface area contributed by atoms with Crippen LogP contribution in [0.25, 0.3) is 0 Å². The van der Waals surface area contributed by atoms with E-state index in [1.54, 1.807) is 21.3 Å². The molecule has 1 N–H and O–H groups in total. The third kappa shape index (κ3) is 3.47. The van der Waals surface area contributed by atoms with Crippen molar-refractivity contribution in [1.29, 1.82) is 0 Å². The van der Waals surface area contributed by atoms with Crippen LogP contribution in [0.1, 0.15) is 36.3 Å². The Hall–Kier alpha value is -1.75. The summed E-state index contributed by atoms with van der Waals surface area (Å²) in [6, 6.07) is 3.76. The van der Waals surface area contributed by atoms with Gasteiger partial charge in [0, 0.05) is 18.6 Å². The molecule has 0 radical (unpaired) electrons. The Morgan fingerprint density at radius 2 is 2.00 bits per heavy atom. The number of aliphatic carboxylic acids is 1. The predicted molar refractivity (Wildman–Crippen MR) is 78.0 cm³/mol. The van der Waals surface area contributed by atoms with Crippen LogP contribution < -0.4 is 9.47 Å². The molecule has 5 nitrogen and oxygen atoms in total. The number of carboxylic acid groups (broad SMARTS) is 1. The van der Waals surface area contributed by atoms with Gasteiger partial charge in [-0.1, -0.05) is 6.07 Å². The highest BCUT2D eigenvalue weighted by Gasteiger charge is 2.37. The molecule has 21 heavy (non-hydrogen) atoms. The molecule has 1 aliphatic carbocycles. The van der Waals surface area contributed by atoms with E-state index in [0.29, 0.717) is 24.0 Å². The molecule has 116 valence electrons. The number of benzene rings is 1. The van der Waals surface area contributed by atoms with Gasteiger partial charge in [0.1, 0.15) is 0 Å². The number of ether oxygens (including phenoxy) is 3. The monoisotopic (exact) mass is 294 g/mol. The standard InChI is InChI=1S/C16H22O5/c1-19-9-11-6-7-13(20-2)16(21-3)15(11)12(8-14(17)18)10-4-5-10/h6-7,10,12H,4-5,8-9H2,1-3H3,(H,17,18). The highest BCUT2D eigenvalue weighted by Crippen LogP contribution is 2.50. The lowest BCUT2D eigenvalue weighted by atomic mass is 9.86. The average Bonchev–Trinajstić information content (AvgIpc) is 3.29. The summed E-state index contributed by atoms with van der Waals surface area (Å²) in [7, 11) is 4.80. The van der Waals surface area contributed by atoms with Crippen LogP contribution in [0, 0.1) is 5.92 Å². The van der Waals surface area contributed by atoms with Gasteiger partial charge in [-0.2, -0.15) is 0 Å². The zero-order chi connectivity index (χ0) is 15.4. The summed E-state index contributed by atoms with van der Waals surface area (Å²) in [5.41, 5.74) is 1.89. The molecule has 1 unspecified atom stereocenters. The minimum absolute atomic E-state index is 0.0577. The first-order chi connectivity index (χ1) is 10.1. The van der Waals surface area contributed by atoms with Gasteiger partial charge in [0.05, 0.1) is 27.2 Å². The summed E-state index contributed by atoms with van der Waals surface area (Å²) in [4.78, 5) is 11.2. The van der Waals surface area contributed by atoms with Crippen LogP contribution in [0.15, 0.2) is 12.1 Å². The van der Waals surface area contributed by atoms with Crippen LogP contribution in [0.5, 0.6) is 11.5 Å². The Labute approximate surface area is 124 Å². The Balaban J connectivity index is 2.51. The summed E-state index contributed by atoms with van der Waals surface area (Å²) in [5.74, 6) is 0.809. The van der Waals surface area contributed by atoms with Crippen molar-refractivity contribution in [2.75, 3.05) is 21.3 Å². The highest BCUT2D eigenvalue weighted by molar-refractivity contribution is 5.69. The van der Waals surface area contributed by atoms with Crippen LogP contribution in [0.2, 0.25) is 0 Å². The van der Waals surface area contributed by atoms with Gasteiger partial charge in [-0.15, -0.1) is 0 Å².